The molecule has 1 atom stereocenters. The van der Waals surface area contributed by atoms with E-state index in [9.17, 15) is 26.8 Å². The van der Waals surface area contributed by atoms with Gasteiger partial charge in [-0.05, 0) is 64.0 Å². The van der Waals surface area contributed by atoms with E-state index in [0.29, 0.717) is 43.0 Å². The van der Waals surface area contributed by atoms with Crippen LogP contribution in [0, 0.1) is 11.6 Å². The number of hydrogen-bond acceptors (Lipinski definition) is 11. The summed E-state index contributed by atoms with van der Waals surface area (Å²) < 4.78 is 78.9. The highest BCUT2D eigenvalue weighted by Crippen LogP contribution is 2.32. The lowest BCUT2D eigenvalue weighted by Crippen LogP contribution is -2.37. The summed E-state index contributed by atoms with van der Waals surface area (Å²) in [6.45, 7) is 7.42. The molecule has 0 spiro atoms. The van der Waals surface area contributed by atoms with Gasteiger partial charge in [-0.2, -0.15) is 8.99 Å². The predicted molar refractivity (Wildman–Crippen MR) is 184 cm³/mol. The van der Waals surface area contributed by atoms with Crippen molar-refractivity contribution in [3.63, 3.8) is 0 Å². The van der Waals surface area contributed by atoms with E-state index in [2.05, 4.69) is 20.6 Å². The second kappa shape index (κ2) is 17.4. The maximum Gasteiger partial charge on any atom is 0.435 e. The molecule has 1 saturated heterocycles. The number of methoxy groups -OCH3 is 1. The lowest BCUT2D eigenvalue weighted by Gasteiger charge is -2.27. The highest BCUT2D eigenvalue weighted by molar-refractivity contribution is 7.89. The third-order valence-electron chi connectivity index (χ3n) is 8.49. The van der Waals surface area contributed by atoms with Crippen LogP contribution >= 0.6 is 0 Å². The molecule has 3 aromatic rings. The van der Waals surface area contributed by atoms with E-state index in [4.69, 9.17) is 18.9 Å². The van der Waals surface area contributed by atoms with Crippen molar-refractivity contribution < 1.29 is 45.7 Å². The first-order valence-corrected chi connectivity index (χ1v) is 18.3. The summed E-state index contributed by atoms with van der Waals surface area (Å²) >= 11 is 0. The number of anilines is 2. The Labute approximate surface area is 296 Å². The van der Waals surface area contributed by atoms with Crippen LogP contribution in [0.3, 0.4) is 0 Å². The number of rotatable bonds is 16. The Bertz CT molecular complexity index is 1780. The van der Waals surface area contributed by atoms with Crippen molar-refractivity contribution in [1.82, 2.24) is 19.0 Å². The first-order valence-electron chi connectivity index (χ1n) is 16.9. The average molecular weight is 735 g/mol. The Balaban J connectivity index is 1.43. The molecule has 0 radical (unpaired) electrons. The molecular formula is C34H44F2N6O8S. The van der Waals surface area contributed by atoms with Crippen LogP contribution in [0.5, 0.6) is 5.75 Å². The van der Waals surface area contributed by atoms with Crippen LogP contribution < -0.4 is 15.4 Å². The largest absolute Gasteiger partial charge is 0.492 e. The van der Waals surface area contributed by atoms with E-state index in [1.807, 2.05) is 6.92 Å². The molecule has 14 nitrogen and oxygen atoms in total. The topological polar surface area (TPSA) is 154 Å². The summed E-state index contributed by atoms with van der Waals surface area (Å²) in [6.07, 6.45) is 1.49. The number of fused-ring (bicyclic) bond motifs is 1. The van der Waals surface area contributed by atoms with E-state index in [1.165, 1.54) is 12.8 Å². The number of carbonyl (C=O) groups excluding carboxylic acids is 2. The van der Waals surface area contributed by atoms with Crippen molar-refractivity contribution in [3.05, 3.63) is 64.9 Å². The molecule has 17 heteroatoms. The maximum atomic E-state index is 14.0. The fraction of sp³-hybridized carbons (Fsp3) is 0.500. The van der Waals surface area contributed by atoms with Crippen molar-refractivity contribution in [2.45, 2.75) is 50.6 Å². The van der Waals surface area contributed by atoms with Gasteiger partial charge < -0.3 is 29.6 Å². The number of ether oxygens (including phenoxy) is 4. The Morgan fingerprint density at radius 2 is 1.76 bits per heavy atom. The highest BCUT2D eigenvalue weighted by Gasteiger charge is 2.35. The number of benzene rings is 2. The molecule has 1 amide bonds. The van der Waals surface area contributed by atoms with Crippen molar-refractivity contribution in [1.29, 1.82) is 0 Å². The van der Waals surface area contributed by atoms with Crippen LogP contribution in [-0.2, 0) is 37.2 Å². The van der Waals surface area contributed by atoms with Gasteiger partial charge in [0.1, 0.15) is 30.6 Å². The zero-order chi connectivity index (χ0) is 36.5. The van der Waals surface area contributed by atoms with Crippen LogP contribution in [0.25, 0.3) is 0 Å². The van der Waals surface area contributed by atoms with Gasteiger partial charge in [0.25, 0.3) is 5.91 Å². The van der Waals surface area contributed by atoms with Gasteiger partial charge in [-0.25, -0.2) is 22.0 Å². The molecule has 2 aliphatic heterocycles. The van der Waals surface area contributed by atoms with Gasteiger partial charge in [-0.15, -0.1) is 5.10 Å². The lowest BCUT2D eigenvalue weighted by molar-refractivity contribution is 0.0777. The Morgan fingerprint density at radius 1 is 1.02 bits per heavy atom. The minimum Gasteiger partial charge on any atom is -0.492 e. The molecule has 2 aliphatic rings. The zero-order valence-electron chi connectivity index (χ0n) is 29.0. The number of nitrogens with one attached hydrogen (secondary N) is 2. The van der Waals surface area contributed by atoms with Crippen LogP contribution in [0.15, 0.2) is 41.3 Å². The standard InChI is InChI=1S/C34H44F2N6O8S/c1-4-48-15-16-50-34(44)42-31-9-12-41(51(45,46)27-18-24(35)17-25(36)19-27)21-29(31)32(39-42)38-33(43)28-8-7-26(20-30(28)37-23(2)22-47-3)49-14-13-40-10-5-6-11-40/h7-8,17-20,23,37H,4-6,9-16,21-22H2,1-3H3,(H,38,39,43). The third-order valence-corrected chi connectivity index (χ3v) is 10.3. The highest BCUT2D eigenvalue weighted by atomic mass is 32.2. The van der Waals surface area contributed by atoms with Crippen molar-refractivity contribution >= 4 is 33.5 Å². The quantitative estimate of drug-likeness (QED) is 0.205. The number of amides is 1. The van der Waals surface area contributed by atoms with Crippen LogP contribution in [0.4, 0.5) is 25.1 Å². The van der Waals surface area contributed by atoms with Gasteiger partial charge in [0.2, 0.25) is 10.0 Å². The van der Waals surface area contributed by atoms with Crippen molar-refractivity contribution in [3.8, 4) is 5.75 Å². The van der Waals surface area contributed by atoms with Crippen molar-refractivity contribution in [2.24, 2.45) is 0 Å². The molecule has 278 valence electrons. The summed E-state index contributed by atoms with van der Waals surface area (Å²) in [6, 6.07) is 6.86. The number of sulfonamides is 1. The number of nitrogens with zero attached hydrogens (tertiary/aromatic N) is 4. The summed E-state index contributed by atoms with van der Waals surface area (Å²) in [5.41, 5.74) is 1.22. The molecule has 2 aromatic carbocycles. The zero-order valence-corrected chi connectivity index (χ0v) is 29.8. The van der Waals surface area contributed by atoms with E-state index >= 15 is 0 Å². The van der Waals surface area contributed by atoms with Gasteiger partial charge in [0, 0.05) is 63.5 Å². The molecule has 3 heterocycles. The molecule has 0 saturated carbocycles. The molecule has 5 rings (SSSR count). The van der Waals surface area contributed by atoms with Crippen LogP contribution in [0.2, 0.25) is 0 Å². The summed E-state index contributed by atoms with van der Waals surface area (Å²) in [5.74, 6) is -2.22. The van der Waals surface area contributed by atoms with Crippen molar-refractivity contribution in [2.75, 3.05) is 77.0 Å². The number of hydrogen-bond donors (Lipinski definition) is 2. The first kappa shape index (κ1) is 38.1. The molecule has 1 aromatic heterocycles. The molecule has 0 bridgehead atoms. The molecule has 1 fully saturated rings. The molecule has 51 heavy (non-hydrogen) atoms. The Kier molecular flexibility index (Phi) is 13.0. The number of halogens is 2. The van der Waals surface area contributed by atoms with Gasteiger partial charge in [0.05, 0.1) is 35.1 Å². The monoisotopic (exact) mass is 734 g/mol. The molecular weight excluding hydrogens is 690 g/mol. The van der Waals surface area contributed by atoms with E-state index in [0.717, 1.165) is 40.8 Å². The molecule has 2 N–H and O–H groups in total. The third kappa shape index (κ3) is 9.59. The average Bonchev–Trinajstić information content (AvgIpc) is 3.74. The normalized spacial score (nSPS) is 15.7. The first-order chi connectivity index (χ1) is 24.5. The van der Waals surface area contributed by atoms with Crippen LogP contribution in [0.1, 0.15) is 48.3 Å². The molecule has 0 aliphatic carbocycles. The predicted octanol–water partition coefficient (Wildman–Crippen LogP) is 4.10. The van der Waals surface area contributed by atoms with E-state index in [1.54, 1.807) is 32.2 Å². The summed E-state index contributed by atoms with van der Waals surface area (Å²) in [4.78, 5) is 28.8. The van der Waals surface area contributed by atoms with Gasteiger partial charge in [-0.3, -0.25) is 9.69 Å². The molecule has 1 unspecified atom stereocenters. The fourth-order valence-corrected chi connectivity index (χ4v) is 7.48. The summed E-state index contributed by atoms with van der Waals surface area (Å²) in [7, 11) is -2.82. The Hall–Kier alpha value is -4.16. The van der Waals surface area contributed by atoms with Crippen LogP contribution in [-0.4, -0.2) is 112 Å². The fourth-order valence-electron chi connectivity index (χ4n) is 6.03. The minimum atomic E-state index is -4.39. The maximum absolute atomic E-state index is 14.0. The van der Waals surface area contributed by atoms with Gasteiger partial charge >= 0.3 is 6.09 Å². The number of likely N-dealkylation sites (tertiary alicyclic amines) is 1. The second-order valence-electron chi connectivity index (χ2n) is 12.3. The smallest absolute Gasteiger partial charge is 0.435 e. The Morgan fingerprint density at radius 3 is 2.47 bits per heavy atom. The van der Waals surface area contributed by atoms with Gasteiger partial charge in [0.15, 0.2) is 5.82 Å². The lowest BCUT2D eigenvalue weighted by atomic mass is 10.1. The van der Waals surface area contributed by atoms with E-state index in [-0.39, 0.29) is 55.7 Å². The second-order valence-corrected chi connectivity index (χ2v) is 14.2. The summed E-state index contributed by atoms with van der Waals surface area (Å²) in [5, 5.41) is 10.4. The van der Waals surface area contributed by atoms with Gasteiger partial charge in [-0.1, -0.05) is 0 Å². The minimum absolute atomic E-state index is 0.0133. The van der Waals surface area contributed by atoms with E-state index < -0.39 is 38.6 Å². The SMILES string of the molecule is CCOCCOC(=O)n1nc(NC(=O)c2ccc(OCCN3CCCC3)cc2NC(C)COC)c2c1CCN(S(=O)(=O)c1cc(F)cc(F)c1)C2. The number of carbonyl (C=O) groups is 2. The number of aromatic nitrogens is 2.